The summed E-state index contributed by atoms with van der Waals surface area (Å²) < 4.78 is 0. The number of nitrogens with zero attached hydrogens (tertiary/aromatic N) is 1. The molecule has 0 spiro atoms. The third-order valence-electron chi connectivity index (χ3n) is 2.88. The van der Waals surface area contributed by atoms with Crippen LogP contribution in [-0.2, 0) is 6.42 Å². The van der Waals surface area contributed by atoms with Crippen molar-refractivity contribution >= 4 is 22.9 Å². The molecule has 0 amide bonds. The van der Waals surface area contributed by atoms with Crippen LogP contribution in [0.25, 0.3) is 0 Å². The summed E-state index contributed by atoms with van der Waals surface area (Å²) in [5.74, 6) is 1.57. The lowest BCUT2D eigenvalue weighted by atomic mass is 10.0. The quantitative estimate of drug-likeness (QED) is 0.686. The van der Waals surface area contributed by atoms with Gasteiger partial charge < -0.3 is 0 Å². The van der Waals surface area contributed by atoms with Crippen LogP contribution in [0, 0.1) is 11.3 Å². The number of aromatic nitrogens is 1. The van der Waals surface area contributed by atoms with Crippen LogP contribution in [0.5, 0.6) is 0 Å². The van der Waals surface area contributed by atoms with Gasteiger partial charge in [0.25, 0.3) is 0 Å². The summed E-state index contributed by atoms with van der Waals surface area (Å²) in [5, 5.41) is 2.12. The second-order valence-corrected chi connectivity index (χ2v) is 4.74. The molecule has 1 fully saturated rings. The summed E-state index contributed by atoms with van der Waals surface area (Å²) in [6, 6.07) is 0. The zero-order valence-corrected chi connectivity index (χ0v) is 8.66. The van der Waals surface area contributed by atoms with E-state index in [4.69, 9.17) is 11.6 Å². The first-order valence-electron chi connectivity index (χ1n) is 4.20. The Kier molecular flexibility index (Phi) is 2.13. The monoisotopic (exact) mass is 201 g/mol. The second-order valence-electron chi connectivity index (χ2n) is 3.76. The van der Waals surface area contributed by atoms with Crippen LogP contribution in [0.2, 0.25) is 0 Å². The van der Waals surface area contributed by atoms with Crippen molar-refractivity contribution in [2.45, 2.75) is 19.8 Å². The van der Waals surface area contributed by atoms with Gasteiger partial charge in [-0.25, -0.2) is 4.98 Å². The third kappa shape index (κ3) is 1.38. The first kappa shape index (κ1) is 8.52. The molecular formula is C9H12ClNS. The van der Waals surface area contributed by atoms with Crippen molar-refractivity contribution in [1.82, 2.24) is 4.98 Å². The normalized spacial score (nSPS) is 33.7. The van der Waals surface area contributed by atoms with Crippen molar-refractivity contribution < 1.29 is 0 Å². The molecule has 1 aromatic rings. The lowest BCUT2D eigenvalue weighted by Crippen LogP contribution is -2.09. The maximum Gasteiger partial charge on any atom is 0.0794 e. The molecule has 0 radical (unpaired) electrons. The molecule has 2 rings (SSSR count). The fraction of sp³-hybridized carbons (Fsp3) is 0.667. The second kappa shape index (κ2) is 3.00. The lowest BCUT2D eigenvalue weighted by Gasteiger charge is -2.09. The molecule has 0 aromatic carbocycles. The van der Waals surface area contributed by atoms with E-state index in [1.165, 1.54) is 12.1 Å². The predicted octanol–water partition coefficient (Wildman–Crippen LogP) is 2.95. The SMILES string of the molecule is CC1CC1(CCl)Cc1cscn1. The van der Waals surface area contributed by atoms with Crippen molar-refractivity contribution in [2.24, 2.45) is 11.3 Å². The Balaban J connectivity index is 2.04. The zero-order chi connectivity index (χ0) is 8.60. The number of halogens is 1. The van der Waals surface area contributed by atoms with Crippen LogP contribution < -0.4 is 0 Å². The van der Waals surface area contributed by atoms with Crippen molar-refractivity contribution in [1.29, 1.82) is 0 Å². The minimum atomic E-state index is 0.385. The van der Waals surface area contributed by atoms with Crippen LogP contribution in [0.1, 0.15) is 19.0 Å². The molecule has 2 unspecified atom stereocenters. The van der Waals surface area contributed by atoms with Crippen LogP contribution in [0.3, 0.4) is 0 Å². The van der Waals surface area contributed by atoms with Crippen molar-refractivity contribution in [2.75, 3.05) is 5.88 Å². The van der Waals surface area contributed by atoms with Crippen LogP contribution in [0.4, 0.5) is 0 Å². The third-order valence-corrected chi connectivity index (χ3v) is 4.05. The van der Waals surface area contributed by atoms with Gasteiger partial charge in [-0.3, -0.25) is 0 Å². The molecule has 2 atom stereocenters. The molecule has 12 heavy (non-hydrogen) atoms. The Morgan fingerprint density at radius 1 is 1.83 bits per heavy atom. The number of rotatable bonds is 3. The topological polar surface area (TPSA) is 12.9 Å². The molecule has 1 nitrogen and oxygen atoms in total. The van der Waals surface area contributed by atoms with Gasteiger partial charge in [0, 0.05) is 11.3 Å². The molecule has 1 aliphatic rings. The Bertz CT molecular complexity index is 256. The summed E-state index contributed by atoms with van der Waals surface area (Å²) in [6.45, 7) is 2.27. The Morgan fingerprint density at radius 3 is 3.00 bits per heavy atom. The molecule has 3 heteroatoms. The first-order valence-corrected chi connectivity index (χ1v) is 5.67. The summed E-state index contributed by atoms with van der Waals surface area (Å²) >= 11 is 7.61. The molecule has 0 bridgehead atoms. The molecule has 1 aliphatic carbocycles. The number of thiazole rings is 1. The average molecular weight is 202 g/mol. The van der Waals surface area contributed by atoms with Crippen molar-refractivity contribution in [3.05, 3.63) is 16.6 Å². The zero-order valence-electron chi connectivity index (χ0n) is 7.09. The highest BCUT2D eigenvalue weighted by molar-refractivity contribution is 7.07. The Morgan fingerprint density at radius 2 is 2.58 bits per heavy atom. The van der Waals surface area contributed by atoms with Gasteiger partial charge in [-0.15, -0.1) is 22.9 Å². The minimum absolute atomic E-state index is 0.385. The van der Waals surface area contributed by atoms with E-state index in [2.05, 4.69) is 17.3 Å². The molecule has 1 saturated carbocycles. The Hall–Kier alpha value is -0.0800. The summed E-state index contributed by atoms with van der Waals surface area (Å²) in [7, 11) is 0. The molecule has 0 saturated heterocycles. The van der Waals surface area contributed by atoms with Crippen LogP contribution in [0.15, 0.2) is 10.9 Å². The number of alkyl halides is 1. The van der Waals surface area contributed by atoms with E-state index in [1.54, 1.807) is 11.3 Å². The average Bonchev–Trinajstić information content (AvgIpc) is 2.51. The minimum Gasteiger partial charge on any atom is -0.250 e. The summed E-state index contributed by atoms with van der Waals surface area (Å²) in [5.41, 5.74) is 3.49. The summed E-state index contributed by atoms with van der Waals surface area (Å²) in [4.78, 5) is 4.28. The molecule has 0 aliphatic heterocycles. The molecular weight excluding hydrogens is 190 g/mol. The first-order chi connectivity index (χ1) is 5.77. The van der Waals surface area contributed by atoms with Gasteiger partial charge in [-0.1, -0.05) is 6.92 Å². The number of hydrogen-bond acceptors (Lipinski definition) is 2. The van der Waals surface area contributed by atoms with E-state index in [0.29, 0.717) is 5.41 Å². The van der Waals surface area contributed by atoms with Gasteiger partial charge in [0.2, 0.25) is 0 Å². The van der Waals surface area contributed by atoms with E-state index in [9.17, 15) is 0 Å². The smallest absolute Gasteiger partial charge is 0.0794 e. The van der Waals surface area contributed by atoms with E-state index in [-0.39, 0.29) is 0 Å². The standard InChI is InChI=1S/C9H12ClNS/c1-7-2-9(7,5-10)3-8-4-12-6-11-8/h4,6-7H,2-3,5H2,1H3. The maximum atomic E-state index is 5.94. The maximum absolute atomic E-state index is 5.94. The van der Waals surface area contributed by atoms with Gasteiger partial charge in [-0.2, -0.15) is 0 Å². The van der Waals surface area contributed by atoms with E-state index >= 15 is 0 Å². The highest BCUT2D eigenvalue weighted by Gasteiger charge is 2.50. The molecule has 0 N–H and O–H groups in total. The molecule has 1 aromatic heterocycles. The van der Waals surface area contributed by atoms with Gasteiger partial charge in [0.05, 0.1) is 11.2 Å². The number of hydrogen-bond donors (Lipinski definition) is 0. The van der Waals surface area contributed by atoms with Crippen molar-refractivity contribution in [3.63, 3.8) is 0 Å². The van der Waals surface area contributed by atoms with Crippen molar-refractivity contribution in [3.8, 4) is 0 Å². The van der Waals surface area contributed by atoms with E-state index in [0.717, 1.165) is 18.2 Å². The van der Waals surface area contributed by atoms with Gasteiger partial charge in [-0.05, 0) is 24.2 Å². The van der Waals surface area contributed by atoms with Gasteiger partial charge in [0.1, 0.15) is 0 Å². The van der Waals surface area contributed by atoms with Crippen LogP contribution >= 0.6 is 22.9 Å². The fourth-order valence-electron chi connectivity index (χ4n) is 1.72. The molecule has 1 heterocycles. The van der Waals surface area contributed by atoms with Gasteiger partial charge >= 0.3 is 0 Å². The predicted molar refractivity (Wildman–Crippen MR) is 52.8 cm³/mol. The van der Waals surface area contributed by atoms with E-state index in [1.807, 2.05) is 5.51 Å². The van der Waals surface area contributed by atoms with Crippen LogP contribution in [-0.4, -0.2) is 10.9 Å². The Labute approximate surface area is 81.8 Å². The van der Waals surface area contributed by atoms with Gasteiger partial charge in [0.15, 0.2) is 0 Å². The largest absolute Gasteiger partial charge is 0.250 e. The molecule has 66 valence electrons. The van der Waals surface area contributed by atoms with E-state index < -0.39 is 0 Å². The highest BCUT2D eigenvalue weighted by Crippen LogP contribution is 2.55. The lowest BCUT2D eigenvalue weighted by molar-refractivity contribution is 0.519. The highest BCUT2D eigenvalue weighted by atomic mass is 35.5. The summed E-state index contributed by atoms with van der Waals surface area (Å²) in [6.07, 6.45) is 2.34. The fourth-order valence-corrected chi connectivity index (χ4v) is 2.74.